The van der Waals surface area contributed by atoms with Gasteiger partial charge < -0.3 is 20.5 Å². The Balaban J connectivity index is 1.49. The van der Waals surface area contributed by atoms with Crippen molar-refractivity contribution in [2.75, 3.05) is 12.4 Å². The highest BCUT2D eigenvalue weighted by molar-refractivity contribution is 5.75. The molecule has 0 aliphatic heterocycles. The highest BCUT2D eigenvalue weighted by atomic mass is 19.1. The summed E-state index contributed by atoms with van der Waals surface area (Å²) < 4.78 is 26.7. The molecule has 4 N–H and O–H groups in total. The predicted molar refractivity (Wildman–Crippen MR) is 117 cm³/mol. The lowest BCUT2D eigenvalue weighted by molar-refractivity contribution is 0.206. The van der Waals surface area contributed by atoms with Gasteiger partial charge >= 0.3 is 0 Å². The lowest BCUT2D eigenvalue weighted by Gasteiger charge is -2.19. The molecule has 3 aromatic rings. The van der Waals surface area contributed by atoms with Gasteiger partial charge in [0.2, 0.25) is 5.88 Å². The maximum absolute atomic E-state index is 14.9. The number of H-pyrrole nitrogens is 1. The van der Waals surface area contributed by atoms with Crippen LogP contribution in [0.15, 0.2) is 24.5 Å². The zero-order valence-electron chi connectivity index (χ0n) is 18.0. The molecule has 2 aliphatic rings. The summed E-state index contributed by atoms with van der Waals surface area (Å²) in [7, 11) is 1.49. The minimum Gasteiger partial charge on any atom is -0.489 e. The van der Waals surface area contributed by atoms with E-state index in [1.54, 1.807) is 12.1 Å². The van der Waals surface area contributed by atoms with Crippen molar-refractivity contribution in [3.8, 4) is 29.0 Å². The molecule has 0 bridgehead atoms. The molecule has 5 rings (SSSR count). The first kappa shape index (κ1) is 21.1. The predicted octanol–water partition coefficient (Wildman–Crippen LogP) is 3.10. The number of nitrogens with one attached hydrogen (secondary N) is 2. The normalized spacial score (nSPS) is 20.8. The molecule has 3 aromatic heterocycles. The second-order valence-electron chi connectivity index (χ2n) is 8.36. The summed E-state index contributed by atoms with van der Waals surface area (Å²) in [6.45, 7) is 0. The highest BCUT2D eigenvalue weighted by Gasteiger charge is 2.47. The minimum atomic E-state index is -1.44. The molecule has 0 saturated heterocycles. The van der Waals surface area contributed by atoms with Gasteiger partial charge in [-0.1, -0.05) is 0 Å². The fourth-order valence-electron chi connectivity index (χ4n) is 3.94. The van der Waals surface area contributed by atoms with Crippen LogP contribution in [0.2, 0.25) is 0 Å². The third-order valence-electron chi connectivity index (χ3n) is 5.88. The first-order chi connectivity index (χ1) is 16.0. The zero-order valence-corrected chi connectivity index (χ0v) is 18.0. The van der Waals surface area contributed by atoms with Crippen LogP contribution in [-0.4, -0.2) is 44.4 Å². The molecular weight excluding hydrogens is 427 g/mol. The van der Waals surface area contributed by atoms with Gasteiger partial charge in [-0.05, 0) is 32.1 Å². The third-order valence-corrected chi connectivity index (χ3v) is 5.88. The van der Waals surface area contributed by atoms with Gasteiger partial charge in [0.05, 0.1) is 30.9 Å². The van der Waals surface area contributed by atoms with Crippen LogP contribution in [-0.2, 0) is 5.67 Å². The van der Waals surface area contributed by atoms with Crippen molar-refractivity contribution in [1.82, 2.24) is 25.1 Å². The molecule has 0 unspecified atom stereocenters. The van der Waals surface area contributed by atoms with Crippen molar-refractivity contribution in [1.29, 1.82) is 5.26 Å². The summed E-state index contributed by atoms with van der Waals surface area (Å²) in [5.74, 6) is 1.63. The van der Waals surface area contributed by atoms with E-state index in [-0.39, 0.29) is 23.7 Å². The van der Waals surface area contributed by atoms with Gasteiger partial charge in [0.15, 0.2) is 17.2 Å². The third kappa shape index (κ3) is 4.29. The number of nitrogens with two attached hydrogens (primary N) is 1. The van der Waals surface area contributed by atoms with E-state index in [0.29, 0.717) is 47.2 Å². The summed E-state index contributed by atoms with van der Waals surface area (Å²) >= 11 is 0. The topological polar surface area (TPSA) is 148 Å². The number of alkyl halides is 1. The maximum Gasteiger partial charge on any atom is 0.226 e. The molecular formula is C22H23FN8O2. The minimum absolute atomic E-state index is 0.0667. The van der Waals surface area contributed by atoms with Crippen LogP contribution in [0.4, 0.5) is 16.0 Å². The van der Waals surface area contributed by atoms with Gasteiger partial charge in [-0.15, -0.1) is 0 Å². The molecule has 0 spiro atoms. The molecule has 2 fully saturated rings. The summed E-state index contributed by atoms with van der Waals surface area (Å²) in [6, 6.07) is 5.42. The number of aromatic nitrogens is 5. The fourth-order valence-corrected chi connectivity index (χ4v) is 3.94. The van der Waals surface area contributed by atoms with Crippen LogP contribution >= 0.6 is 0 Å². The van der Waals surface area contributed by atoms with E-state index in [1.807, 2.05) is 6.07 Å². The van der Waals surface area contributed by atoms with Gasteiger partial charge in [0.25, 0.3) is 0 Å². The summed E-state index contributed by atoms with van der Waals surface area (Å²) in [6.07, 6.45) is 6.04. The highest BCUT2D eigenvalue weighted by Crippen LogP contribution is 2.51. The maximum atomic E-state index is 14.9. The number of aromatic amines is 1. The summed E-state index contributed by atoms with van der Waals surface area (Å²) in [5.41, 5.74) is 6.28. The molecule has 2 aliphatic carbocycles. The van der Waals surface area contributed by atoms with Crippen LogP contribution in [0.25, 0.3) is 11.3 Å². The van der Waals surface area contributed by atoms with E-state index in [2.05, 4.69) is 30.5 Å². The van der Waals surface area contributed by atoms with Gasteiger partial charge in [-0.2, -0.15) is 10.4 Å². The van der Waals surface area contributed by atoms with E-state index in [9.17, 15) is 4.39 Å². The van der Waals surface area contributed by atoms with Crippen molar-refractivity contribution in [2.45, 2.75) is 49.9 Å². The monoisotopic (exact) mass is 450 g/mol. The van der Waals surface area contributed by atoms with Crippen LogP contribution < -0.4 is 20.5 Å². The van der Waals surface area contributed by atoms with Gasteiger partial charge in [-0.3, -0.25) is 5.10 Å². The van der Waals surface area contributed by atoms with E-state index in [1.165, 1.54) is 19.5 Å². The smallest absolute Gasteiger partial charge is 0.226 e. The van der Waals surface area contributed by atoms with Crippen LogP contribution in [0.3, 0.4) is 0 Å². The van der Waals surface area contributed by atoms with Crippen molar-refractivity contribution < 1.29 is 13.9 Å². The molecule has 170 valence electrons. The van der Waals surface area contributed by atoms with E-state index in [4.69, 9.17) is 20.5 Å². The molecule has 0 amide bonds. The quantitative estimate of drug-likeness (QED) is 0.494. The average molecular weight is 450 g/mol. The van der Waals surface area contributed by atoms with Crippen molar-refractivity contribution >= 4 is 11.6 Å². The Labute approximate surface area is 189 Å². The summed E-state index contributed by atoms with van der Waals surface area (Å²) in [5, 5.41) is 19.1. The standard InChI is InChI=1S/C22H23FN8O2/c1-32-21-20(15-7-18(31-30-15)29-19-11-26-13(9-24)10-27-19)16(33-14-3-2-12(25)6-14)8-17(28-21)22(23)4-5-22/h7-8,10-12,14H,2-6,25H2,1H3,(H2,27,29,30,31)/t12-,14+/m0/s1. The molecule has 0 aromatic carbocycles. The first-order valence-electron chi connectivity index (χ1n) is 10.7. The molecule has 2 saturated carbocycles. The van der Waals surface area contributed by atoms with E-state index >= 15 is 0 Å². The first-order valence-corrected chi connectivity index (χ1v) is 10.7. The van der Waals surface area contributed by atoms with Gasteiger partial charge in [-0.25, -0.2) is 19.3 Å². The van der Waals surface area contributed by atoms with Crippen LogP contribution in [0.5, 0.6) is 11.6 Å². The molecule has 33 heavy (non-hydrogen) atoms. The van der Waals surface area contributed by atoms with Crippen molar-refractivity contribution in [3.05, 3.63) is 35.9 Å². The molecule has 2 atom stereocenters. The van der Waals surface area contributed by atoms with Crippen molar-refractivity contribution in [2.24, 2.45) is 5.73 Å². The van der Waals surface area contributed by atoms with Crippen LogP contribution in [0.1, 0.15) is 43.5 Å². The Hall–Kier alpha value is -3.78. The zero-order chi connectivity index (χ0) is 23.0. The number of anilines is 2. The molecule has 10 nitrogen and oxygen atoms in total. The van der Waals surface area contributed by atoms with Crippen LogP contribution in [0, 0.1) is 11.3 Å². The second kappa shape index (κ2) is 8.29. The number of nitriles is 1. The van der Waals surface area contributed by atoms with Gasteiger partial charge in [0.1, 0.15) is 29.3 Å². The lowest BCUT2D eigenvalue weighted by atomic mass is 10.1. The Morgan fingerprint density at radius 1 is 1.24 bits per heavy atom. The number of methoxy groups -OCH3 is 1. The number of nitrogens with zero attached hydrogens (tertiary/aromatic N) is 5. The number of hydrogen-bond acceptors (Lipinski definition) is 9. The van der Waals surface area contributed by atoms with Gasteiger partial charge in [0, 0.05) is 18.2 Å². The Kier molecular flexibility index (Phi) is 5.30. The lowest BCUT2D eigenvalue weighted by Crippen LogP contribution is -2.19. The Bertz CT molecular complexity index is 1200. The molecule has 0 radical (unpaired) electrons. The number of ether oxygens (including phenoxy) is 2. The fraction of sp³-hybridized carbons (Fsp3) is 0.409. The SMILES string of the molecule is COc1nc(C2(F)CC2)cc(O[C@@H]2CC[C@H](N)C2)c1-c1cc(Nc2cnc(C#N)cn2)n[nH]1. The molecule has 11 heteroatoms. The Morgan fingerprint density at radius 3 is 2.73 bits per heavy atom. The van der Waals surface area contributed by atoms with E-state index in [0.717, 1.165) is 19.3 Å². The largest absolute Gasteiger partial charge is 0.489 e. The summed E-state index contributed by atoms with van der Waals surface area (Å²) in [4.78, 5) is 12.6. The number of pyridine rings is 1. The number of hydrogen-bond donors (Lipinski definition) is 3. The number of rotatable bonds is 7. The number of halogens is 1. The molecule has 3 heterocycles. The Morgan fingerprint density at radius 2 is 2.09 bits per heavy atom. The van der Waals surface area contributed by atoms with E-state index < -0.39 is 5.67 Å². The average Bonchev–Trinajstić information content (AvgIpc) is 3.20. The van der Waals surface area contributed by atoms with Crippen molar-refractivity contribution in [3.63, 3.8) is 0 Å². The second-order valence-corrected chi connectivity index (χ2v) is 8.36.